The van der Waals surface area contributed by atoms with E-state index in [1.807, 2.05) is 0 Å². The van der Waals surface area contributed by atoms with Gasteiger partial charge in [0.25, 0.3) is 0 Å². The van der Waals surface area contributed by atoms with Crippen LogP contribution in [0.2, 0.25) is 0 Å². The average molecular weight is 240 g/mol. The van der Waals surface area contributed by atoms with Gasteiger partial charge in [0, 0.05) is 12.2 Å². The first-order chi connectivity index (χ1) is 8.13. The monoisotopic (exact) mass is 240 g/mol. The van der Waals surface area contributed by atoms with Gasteiger partial charge in [0.05, 0.1) is 19.8 Å². The van der Waals surface area contributed by atoms with Gasteiger partial charge in [-0.2, -0.15) is 0 Å². The van der Waals surface area contributed by atoms with E-state index >= 15 is 0 Å². The van der Waals surface area contributed by atoms with Crippen LogP contribution in [0.1, 0.15) is 29.1 Å². The molecule has 0 spiro atoms. The quantitative estimate of drug-likeness (QED) is 0.624. The van der Waals surface area contributed by atoms with Crippen molar-refractivity contribution in [3.8, 4) is 5.75 Å². The lowest BCUT2D eigenvalue weighted by Gasteiger charge is -2.15. The number of carbonyl (C=O) groups excluding carboxylic acids is 1. The molecule has 0 heterocycles. The SMILES string of the molecule is CCOC(O)c1cc(OC)ccc1C(=O)OC. The molecule has 0 amide bonds. The summed E-state index contributed by atoms with van der Waals surface area (Å²) < 4.78 is 14.7. The Morgan fingerprint density at radius 1 is 1.41 bits per heavy atom. The number of ether oxygens (including phenoxy) is 3. The van der Waals surface area contributed by atoms with E-state index in [0.29, 0.717) is 17.9 Å². The molecule has 1 atom stereocenters. The lowest BCUT2D eigenvalue weighted by atomic mass is 10.1. The molecular weight excluding hydrogens is 224 g/mol. The van der Waals surface area contributed by atoms with Crippen LogP contribution < -0.4 is 4.74 Å². The molecule has 0 aliphatic heterocycles. The second-order valence-corrected chi connectivity index (χ2v) is 3.25. The number of methoxy groups -OCH3 is 2. The lowest BCUT2D eigenvalue weighted by Crippen LogP contribution is -2.11. The summed E-state index contributed by atoms with van der Waals surface area (Å²) in [6.45, 7) is 2.08. The van der Waals surface area contributed by atoms with Crippen LogP contribution in [0, 0.1) is 0 Å². The molecule has 1 unspecified atom stereocenters. The molecule has 0 aromatic heterocycles. The van der Waals surface area contributed by atoms with Crippen LogP contribution >= 0.6 is 0 Å². The Morgan fingerprint density at radius 3 is 2.65 bits per heavy atom. The Kier molecular flexibility index (Phi) is 4.93. The highest BCUT2D eigenvalue weighted by Crippen LogP contribution is 2.25. The van der Waals surface area contributed by atoms with E-state index in [1.54, 1.807) is 19.1 Å². The van der Waals surface area contributed by atoms with Crippen molar-refractivity contribution in [1.29, 1.82) is 0 Å². The van der Waals surface area contributed by atoms with Gasteiger partial charge in [-0.25, -0.2) is 4.79 Å². The van der Waals surface area contributed by atoms with Crippen molar-refractivity contribution in [3.05, 3.63) is 29.3 Å². The Morgan fingerprint density at radius 2 is 2.12 bits per heavy atom. The Labute approximate surface area is 99.9 Å². The van der Waals surface area contributed by atoms with E-state index in [-0.39, 0.29) is 5.56 Å². The van der Waals surface area contributed by atoms with Crippen LogP contribution in [-0.2, 0) is 9.47 Å². The van der Waals surface area contributed by atoms with Crippen molar-refractivity contribution >= 4 is 5.97 Å². The molecule has 0 saturated heterocycles. The van der Waals surface area contributed by atoms with Gasteiger partial charge in [-0.3, -0.25) is 0 Å². The van der Waals surface area contributed by atoms with Crippen LogP contribution in [0.3, 0.4) is 0 Å². The van der Waals surface area contributed by atoms with Gasteiger partial charge in [-0.1, -0.05) is 0 Å². The van der Waals surface area contributed by atoms with Crippen molar-refractivity contribution in [2.24, 2.45) is 0 Å². The highest BCUT2D eigenvalue weighted by Gasteiger charge is 2.19. The lowest BCUT2D eigenvalue weighted by molar-refractivity contribution is -0.0985. The number of rotatable bonds is 5. The molecule has 0 saturated carbocycles. The van der Waals surface area contributed by atoms with Crippen LogP contribution in [0.4, 0.5) is 0 Å². The van der Waals surface area contributed by atoms with Crippen LogP contribution in [0.5, 0.6) is 5.75 Å². The summed E-state index contributed by atoms with van der Waals surface area (Å²) in [4.78, 5) is 11.5. The summed E-state index contributed by atoms with van der Waals surface area (Å²) in [5, 5.41) is 9.78. The highest BCUT2D eigenvalue weighted by atomic mass is 16.6. The molecule has 0 aliphatic rings. The number of benzene rings is 1. The third-order valence-electron chi connectivity index (χ3n) is 2.25. The fraction of sp³-hybridized carbons (Fsp3) is 0.417. The van der Waals surface area contributed by atoms with Gasteiger partial charge in [-0.15, -0.1) is 0 Å². The maximum Gasteiger partial charge on any atom is 0.338 e. The zero-order valence-corrected chi connectivity index (χ0v) is 10.1. The number of aliphatic hydroxyl groups is 1. The zero-order valence-electron chi connectivity index (χ0n) is 10.1. The molecule has 5 nitrogen and oxygen atoms in total. The topological polar surface area (TPSA) is 65.0 Å². The standard InChI is InChI=1S/C12H16O5/c1-4-17-12(14)10-7-8(15-2)5-6-9(10)11(13)16-3/h5-7,12,14H,4H2,1-3H3. The predicted octanol–water partition coefficient (Wildman–Crippen LogP) is 1.51. The van der Waals surface area contributed by atoms with Gasteiger partial charge >= 0.3 is 5.97 Å². The molecule has 94 valence electrons. The number of esters is 1. The van der Waals surface area contributed by atoms with Crippen molar-refractivity contribution in [3.63, 3.8) is 0 Å². The molecule has 0 bridgehead atoms. The second kappa shape index (κ2) is 6.22. The molecule has 5 heteroatoms. The van der Waals surface area contributed by atoms with E-state index in [1.165, 1.54) is 20.3 Å². The maximum absolute atomic E-state index is 11.5. The van der Waals surface area contributed by atoms with Gasteiger partial charge in [-0.05, 0) is 25.1 Å². The number of hydrogen-bond donors (Lipinski definition) is 1. The van der Waals surface area contributed by atoms with E-state index in [9.17, 15) is 9.90 Å². The third-order valence-corrected chi connectivity index (χ3v) is 2.25. The fourth-order valence-electron chi connectivity index (χ4n) is 1.42. The number of aliphatic hydroxyl groups excluding tert-OH is 1. The number of hydrogen-bond acceptors (Lipinski definition) is 5. The Hall–Kier alpha value is -1.59. The molecule has 17 heavy (non-hydrogen) atoms. The first kappa shape index (κ1) is 13.5. The molecular formula is C12H16O5. The maximum atomic E-state index is 11.5. The molecule has 1 N–H and O–H groups in total. The summed E-state index contributed by atoms with van der Waals surface area (Å²) in [7, 11) is 2.79. The third kappa shape index (κ3) is 3.18. The minimum Gasteiger partial charge on any atom is -0.497 e. The second-order valence-electron chi connectivity index (χ2n) is 3.25. The summed E-state index contributed by atoms with van der Waals surface area (Å²) in [6.07, 6.45) is -1.18. The first-order valence-corrected chi connectivity index (χ1v) is 5.20. The van der Waals surface area contributed by atoms with Crippen molar-refractivity contribution in [1.82, 2.24) is 0 Å². The van der Waals surface area contributed by atoms with Crippen LogP contribution in [-0.4, -0.2) is 31.9 Å². The van der Waals surface area contributed by atoms with Crippen molar-refractivity contribution in [2.45, 2.75) is 13.2 Å². The Balaban J connectivity index is 3.15. The van der Waals surface area contributed by atoms with E-state index in [2.05, 4.69) is 4.74 Å². The summed E-state index contributed by atoms with van der Waals surface area (Å²) in [5.74, 6) is 0.00723. The minimum absolute atomic E-state index is 0.259. The normalized spacial score (nSPS) is 12.0. The number of carbonyl (C=O) groups is 1. The summed E-state index contributed by atoms with van der Waals surface area (Å²) in [5.41, 5.74) is 0.590. The van der Waals surface area contributed by atoms with Crippen LogP contribution in [0.15, 0.2) is 18.2 Å². The summed E-state index contributed by atoms with van der Waals surface area (Å²) >= 11 is 0. The molecule has 0 fully saturated rings. The molecule has 0 radical (unpaired) electrons. The zero-order chi connectivity index (χ0) is 12.8. The molecule has 1 aromatic rings. The average Bonchev–Trinajstić information content (AvgIpc) is 2.37. The smallest absolute Gasteiger partial charge is 0.338 e. The summed E-state index contributed by atoms with van der Waals surface area (Å²) in [6, 6.07) is 4.70. The Bertz CT molecular complexity index is 388. The van der Waals surface area contributed by atoms with E-state index in [4.69, 9.17) is 9.47 Å². The molecule has 1 aromatic carbocycles. The van der Waals surface area contributed by atoms with E-state index in [0.717, 1.165) is 0 Å². The molecule has 0 aliphatic carbocycles. The minimum atomic E-state index is -1.18. The predicted molar refractivity (Wildman–Crippen MR) is 60.9 cm³/mol. The van der Waals surface area contributed by atoms with Crippen molar-refractivity contribution < 1.29 is 24.1 Å². The fourth-order valence-corrected chi connectivity index (χ4v) is 1.42. The van der Waals surface area contributed by atoms with Gasteiger partial charge < -0.3 is 19.3 Å². The van der Waals surface area contributed by atoms with E-state index < -0.39 is 12.3 Å². The van der Waals surface area contributed by atoms with Crippen LogP contribution in [0.25, 0.3) is 0 Å². The largest absolute Gasteiger partial charge is 0.497 e. The van der Waals surface area contributed by atoms with Gasteiger partial charge in [0.2, 0.25) is 0 Å². The van der Waals surface area contributed by atoms with Crippen molar-refractivity contribution in [2.75, 3.05) is 20.8 Å². The van der Waals surface area contributed by atoms with Gasteiger partial charge in [0.15, 0.2) is 6.29 Å². The van der Waals surface area contributed by atoms with Gasteiger partial charge in [0.1, 0.15) is 5.75 Å². The highest BCUT2D eigenvalue weighted by molar-refractivity contribution is 5.91. The first-order valence-electron chi connectivity index (χ1n) is 5.20. The molecule has 1 rings (SSSR count).